The molecule has 4 rings (SSSR count). The molecule has 3 heterocycles. The van der Waals surface area contributed by atoms with E-state index in [2.05, 4.69) is 9.72 Å². The van der Waals surface area contributed by atoms with Gasteiger partial charge in [0, 0.05) is 43.9 Å². The number of aromatic nitrogens is 1. The Bertz CT molecular complexity index is 1050. The molecule has 2 aromatic rings. The molecule has 9 nitrogen and oxygen atoms in total. The fraction of sp³-hybridized carbons (Fsp3) is 0.364. The number of carbonyl (C=O) groups is 3. The van der Waals surface area contributed by atoms with Crippen LogP contribution in [0, 0.1) is 5.82 Å². The summed E-state index contributed by atoms with van der Waals surface area (Å²) in [7, 11) is 3.03. The first-order chi connectivity index (χ1) is 15.4. The third-order valence-corrected chi connectivity index (χ3v) is 5.59. The van der Waals surface area contributed by atoms with E-state index >= 15 is 0 Å². The summed E-state index contributed by atoms with van der Waals surface area (Å²) >= 11 is 0. The molecule has 0 radical (unpaired) electrons. The number of hydrogen-bond acceptors (Lipinski definition) is 6. The molecule has 168 valence electrons. The number of hydrogen-bond donors (Lipinski definition) is 0. The highest BCUT2D eigenvalue weighted by atomic mass is 19.1. The zero-order valence-corrected chi connectivity index (χ0v) is 17.8. The van der Waals surface area contributed by atoms with E-state index in [-0.39, 0.29) is 25.0 Å². The number of cyclic esters (lactones) is 1. The van der Waals surface area contributed by atoms with Gasteiger partial charge < -0.3 is 14.4 Å². The lowest BCUT2D eigenvalue weighted by Gasteiger charge is -2.16. The largest absolute Gasteiger partial charge is 0.469 e. The number of pyridine rings is 1. The molecule has 3 amide bonds. The minimum absolute atomic E-state index is 0.122. The topological polar surface area (TPSA) is 92.3 Å². The smallest absolute Gasteiger partial charge is 0.414 e. The van der Waals surface area contributed by atoms with Crippen molar-refractivity contribution in [2.75, 3.05) is 43.6 Å². The van der Waals surface area contributed by atoms with Gasteiger partial charge in [0.2, 0.25) is 0 Å². The summed E-state index contributed by atoms with van der Waals surface area (Å²) in [4.78, 5) is 44.4. The molecule has 1 aromatic carbocycles. The number of anilines is 2. The number of benzene rings is 1. The van der Waals surface area contributed by atoms with Crippen molar-refractivity contribution in [3.63, 3.8) is 0 Å². The molecule has 0 N–H and O–H groups in total. The Kier molecular flexibility index (Phi) is 5.93. The lowest BCUT2D eigenvalue weighted by atomic mass is 10.1. The van der Waals surface area contributed by atoms with Gasteiger partial charge in [0.1, 0.15) is 17.7 Å². The van der Waals surface area contributed by atoms with Crippen molar-refractivity contribution in [1.29, 1.82) is 0 Å². The van der Waals surface area contributed by atoms with Crippen molar-refractivity contribution in [3.05, 3.63) is 42.3 Å². The van der Waals surface area contributed by atoms with Gasteiger partial charge >= 0.3 is 18.1 Å². The van der Waals surface area contributed by atoms with Crippen molar-refractivity contribution in [3.8, 4) is 11.1 Å². The Morgan fingerprint density at radius 3 is 2.66 bits per heavy atom. The van der Waals surface area contributed by atoms with Crippen LogP contribution in [0.4, 0.5) is 25.5 Å². The van der Waals surface area contributed by atoms with E-state index in [9.17, 15) is 18.8 Å². The molecule has 0 spiro atoms. The van der Waals surface area contributed by atoms with Crippen LogP contribution in [0.2, 0.25) is 0 Å². The Labute approximate surface area is 184 Å². The Hall–Kier alpha value is -3.69. The van der Waals surface area contributed by atoms with Gasteiger partial charge in [0.05, 0.1) is 19.3 Å². The second-order valence-electron chi connectivity index (χ2n) is 7.66. The van der Waals surface area contributed by atoms with E-state index in [4.69, 9.17) is 4.74 Å². The van der Waals surface area contributed by atoms with Crippen LogP contribution in [-0.4, -0.2) is 67.9 Å². The predicted octanol–water partition coefficient (Wildman–Crippen LogP) is 3.04. The summed E-state index contributed by atoms with van der Waals surface area (Å²) in [6.07, 6.45) is 0.943. The zero-order chi connectivity index (χ0) is 22.8. The molecule has 32 heavy (non-hydrogen) atoms. The second kappa shape index (κ2) is 8.81. The Morgan fingerprint density at radius 2 is 2.03 bits per heavy atom. The highest BCUT2D eigenvalue weighted by molar-refractivity contribution is 5.93. The van der Waals surface area contributed by atoms with Crippen LogP contribution in [0.15, 0.2) is 36.5 Å². The average Bonchev–Trinajstić information content (AvgIpc) is 3.34. The lowest BCUT2D eigenvalue weighted by molar-refractivity contribution is -0.141. The first-order valence-electron chi connectivity index (χ1n) is 10.2. The standard InChI is InChI=1S/C22H23FN4O5/c1-25-9-10-26(21(25)29)19-7-3-14(12-24-19)17-6-4-15(11-18(17)23)27-13-16(32-22(27)30)5-8-20(28)31-2/h3-4,6-7,11-12,16H,5,8-10,13H2,1-2H3/t16-/m0/s1. The lowest BCUT2D eigenvalue weighted by Crippen LogP contribution is -2.29. The predicted molar refractivity (Wildman–Crippen MR) is 114 cm³/mol. The molecule has 10 heteroatoms. The van der Waals surface area contributed by atoms with Crippen LogP contribution in [0.5, 0.6) is 0 Å². The van der Waals surface area contributed by atoms with Gasteiger partial charge in [0.15, 0.2) is 0 Å². The molecule has 2 aliphatic heterocycles. The summed E-state index contributed by atoms with van der Waals surface area (Å²) in [6.45, 7) is 1.40. The van der Waals surface area contributed by atoms with Crippen LogP contribution in [0.25, 0.3) is 11.1 Å². The van der Waals surface area contributed by atoms with Crippen LogP contribution < -0.4 is 9.80 Å². The van der Waals surface area contributed by atoms with E-state index in [1.165, 1.54) is 24.3 Å². The molecular formula is C22H23FN4O5. The number of methoxy groups -OCH3 is 1. The maximum atomic E-state index is 14.9. The fourth-order valence-corrected chi connectivity index (χ4v) is 3.73. The van der Waals surface area contributed by atoms with Crippen molar-refractivity contribution in [2.45, 2.75) is 18.9 Å². The van der Waals surface area contributed by atoms with Gasteiger partial charge in [0.25, 0.3) is 0 Å². The third kappa shape index (κ3) is 4.20. The van der Waals surface area contributed by atoms with Crippen LogP contribution in [0.1, 0.15) is 12.8 Å². The summed E-state index contributed by atoms with van der Waals surface area (Å²) < 4.78 is 24.8. The molecule has 1 atom stereocenters. The van der Waals surface area contributed by atoms with Gasteiger partial charge in [-0.15, -0.1) is 0 Å². The monoisotopic (exact) mass is 442 g/mol. The van der Waals surface area contributed by atoms with E-state index in [1.54, 1.807) is 41.1 Å². The van der Waals surface area contributed by atoms with Gasteiger partial charge in [-0.1, -0.05) is 0 Å². The minimum Gasteiger partial charge on any atom is -0.469 e. The number of carbonyl (C=O) groups excluding carboxylic acids is 3. The maximum Gasteiger partial charge on any atom is 0.414 e. The fourth-order valence-electron chi connectivity index (χ4n) is 3.73. The van der Waals surface area contributed by atoms with Gasteiger partial charge in [-0.25, -0.2) is 19.0 Å². The molecule has 1 aromatic heterocycles. The highest BCUT2D eigenvalue weighted by Crippen LogP contribution is 2.30. The molecule has 2 fully saturated rings. The van der Waals surface area contributed by atoms with Crippen molar-refractivity contribution in [1.82, 2.24) is 9.88 Å². The quantitative estimate of drug-likeness (QED) is 0.639. The molecule has 0 unspecified atom stereocenters. The molecule has 0 saturated carbocycles. The molecule has 0 aliphatic carbocycles. The zero-order valence-electron chi connectivity index (χ0n) is 17.8. The molecular weight excluding hydrogens is 419 g/mol. The molecule has 0 bridgehead atoms. The van der Waals surface area contributed by atoms with E-state index in [0.717, 1.165) is 0 Å². The second-order valence-corrected chi connectivity index (χ2v) is 7.66. The van der Waals surface area contributed by atoms with Crippen molar-refractivity contribution in [2.24, 2.45) is 0 Å². The van der Waals surface area contributed by atoms with Gasteiger partial charge in [-0.2, -0.15) is 0 Å². The van der Waals surface area contributed by atoms with E-state index in [1.807, 2.05) is 0 Å². The SMILES string of the molecule is COC(=O)CC[C@H]1CN(c2ccc(-c3ccc(N4CCN(C)C4=O)nc3)c(F)c2)C(=O)O1. The first-order valence-corrected chi connectivity index (χ1v) is 10.2. The summed E-state index contributed by atoms with van der Waals surface area (Å²) in [6, 6.07) is 7.75. The van der Waals surface area contributed by atoms with Crippen LogP contribution >= 0.6 is 0 Å². The van der Waals surface area contributed by atoms with E-state index in [0.29, 0.717) is 42.1 Å². The number of amides is 3. The number of rotatable bonds is 6. The highest BCUT2D eigenvalue weighted by Gasteiger charge is 2.33. The van der Waals surface area contributed by atoms with Gasteiger partial charge in [-0.3, -0.25) is 14.6 Å². The number of likely N-dealkylation sites (N-methyl/N-ethyl adjacent to an activating group) is 1. The number of halogens is 1. The van der Waals surface area contributed by atoms with Crippen molar-refractivity contribution < 1.29 is 28.2 Å². The average molecular weight is 442 g/mol. The number of ether oxygens (including phenoxy) is 2. The molecule has 2 aliphatic rings. The Balaban J connectivity index is 1.46. The maximum absolute atomic E-state index is 14.9. The Morgan fingerprint density at radius 1 is 1.22 bits per heavy atom. The van der Waals surface area contributed by atoms with Gasteiger partial charge in [-0.05, 0) is 36.8 Å². The summed E-state index contributed by atoms with van der Waals surface area (Å²) in [5.41, 5.74) is 1.25. The normalized spacial score (nSPS) is 18.3. The van der Waals surface area contributed by atoms with Crippen LogP contribution in [-0.2, 0) is 14.3 Å². The summed E-state index contributed by atoms with van der Waals surface area (Å²) in [5.74, 6) is -0.381. The third-order valence-electron chi connectivity index (χ3n) is 5.59. The first kappa shape index (κ1) is 21.5. The minimum atomic E-state index is -0.585. The van der Waals surface area contributed by atoms with E-state index < -0.39 is 18.0 Å². The molecule has 2 saturated heterocycles. The van der Waals surface area contributed by atoms with Crippen LogP contribution in [0.3, 0.4) is 0 Å². The number of esters is 1. The summed E-state index contributed by atoms with van der Waals surface area (Å²) in [5, 5.41) is 0. The van der Waals surface area contributed by atoms with Crippen molar-refractivity contribution >= 4 is 29.6 Å². The number of urea groups is 1. The number of nitrogens with zero attached hydrogens (tertiary/aromatic N) is 4.